The van der Waals surface area contributed by atoms with Crippen molar-refractivity contribution in [3.05, 3.63) is 11.8 Å². The van der Waals surface area contributed by atoms with Crippen molar-refractivity contribution >= 4 is 36.4 Å². The average molecular weight is 1130 g/mol. The third-order valence-corrected chi connectivity index (χ3v) is 12.2. The van der Waals surface area contributed by atoms with E-state index in [1.165, 1.54) is 18.9 Å². The highest BCUT2D eigenvalue weighted by Gasteiger charge is 2.55. The van der Waals surface area contributed by atoms with Gasteiger partial charge in [-0.2, -0.15) is 0 Å². The molecular formula is C52H91N7O20. The number of aliphatic hydroxyl groups is 5. The Hall–Kier alpha value is -5.00. The molecule has 2 saturated heterocycles. The molecule has 0 aromatic rings. The molecule has 27 heteroatoms. The zero-order valence-corrected chi connectivity index (χ0v) is 49.0. The molecule has 4 aliphatic rings. The standard InChI is InChI=1S/C52H91N7O20/c1-46(2,3)75-41(64)54-24-32(60)38(63)55-30-22-31(57-43(66)77-48(7,8)9)36(33(61)35(30)74-40-34(62)37(51(16,69)27-71-40)58(17)44(67)78-49(10,11)12)73-39-29(56-42(65)76-47(4,5)6)19-18-28(72-39)23-53-21-20-52(70)25-59(26-52)45(68)79-50(13,14)15/h18,29-37,39-40,53,60-62,69-70H,19-27H2,1-17H3,(H,54,64)(H,55,63)(H,56,65)(H,57,66)/t29-,30-,31+,32+,33-,34-,35+,36-,37-,39-,40-,51+/m1/s1. The monoisotopic (exact) mass is 1130 g/mol. The van der Waals surface area contributed by atoms with Crippen LogP contribution in [0.1, 0.15) is 130 Å². The van der Waals surface area contributed by atoms with Crippen molar-refractivity contribution in [2.75, 3.05) is 46.4 Å². The van der Waals surface area contributed by atoms with Gasteiger partial charge in [0.1, 0.15) is 75.5 Å². The smallest absolute Gasteiger partial charge is 0.410 e. The SMILES string of the molecule is CN(C(=O)OC(C)(C)C)[C@@H]1[C@@H](O)[C@@H](O[C@@H]2[C@@H](O)[C@H](O[C@H]3OC(CNCCC4(O)CN(C(=O)OC(C)(C)C)C4)=CC[C@H]3NC(=O)OC(C)(C)C)[C@@H](NC(=O)OC(C)(C)C)C[C@H]2NC(=O)[C@@H](O)CNC(=O)OC(C)(C)C)OC[C@]1(C)O. The van der Waals surface area contributed by atoms with Crippen LogP contribution in [0.4, 0.5) is 24.0 Å². The maximum absolute atomic E-state index is 13.9. The van der Waals surface area contributed by atoms with Gasteiger partial charge in [-0.05, 0) is 143 Å². The number of rotatable bonds is 16. The van der Waals surface area contributed by atoms with Crippen LogP contribution in [0.3, 0.4) is 0 Å². The fourth-order valence-electron chi connectivity index (χ4n) is 8.92. The summed E-state index contributed by atoms with van der Waals surface area (Å²) < 4.78 is 52.7. The molecule has 10 N–H and O–H groups in total. The maximum atomic E-state index is 13.9. The minimum atomic E-state index is -1.96. The second kappa shape index (κ2) is 25.8. The Bertz CT molecular complexity index is 2140. The van der Waals surface area contributed by atoms with E-state index in [4.69, 9.17) is 42.6 Å². The number of alkyl carbamates (subject to hydrolysis) is 3. The lowest BCUT2D eigenvalue weighted by molar-refractivity contribution is -0.311. The lowest BCUT2D eigenvalue weighted by Gasteiger charge is -2.50. The van der Waals surface area contributed by atoms with Gasteiger partial charge in [-0.1, -0.05) is 0 Å². The number of aliphatic hydroxyl groups excluding tert-OH is 3. The second-order valence-corrected chi connectivity index (χ2v) is 25.9. The van der Waals surface area contributed by atoms with Crippen LogP contribution in [-0.2, 0) is 47.4 Å². The minimum Gasteiger partial charge on any atom is -0.466 e. The third-order valence-electron chi connectivity index (χ3n) is 12.2. The van der Waals surface area contributed by atoms with Crippen LogP contribution >= 0.6 is 0 Å². The van der Waals surface area contributed by atoms with Gasteiger partial charge in [0.2, 0.25) is 6.29 Å². The molecule has 1 aliphatic carbocycles. The van der Waals surface area contributed by atoms with Gasteiger partial charge in [-0.3, -0.25) is 4.79 Å². The van der Waals surface area contributed by atoms with Crippen LogP contribution in [0.15, 0.2) is 11.8 Å². The number of amides is 6. The predicted molar refractivity (Wildman–Crippen MR) is 281 cm³/mol. The van der Waals surface area contributed by atoms with Gasteiger partial charge in [0.15, 0.2) is 6.29 Å². The summed E-state index contributed by atoms with van der Waals surface area (Å²) >= 11 is 0. The van der Waals surface area contributed by atoms with Crippen LogP contribution in [0.25, 0.3) is 0 Å². The topological polar surface area (TPSA) is 353 Å². The van der Waals surface area contributed by atoms with E-state index in [0.29, 0.717) is 5.76 Å². The van der Waals surface area contributed by atoms with E-state index >= 15 is 0 Å². The molecule has 0 aromatic carbocycles. The van der Waals surface area contributed by atoms with Crippen molar-refractivity contribution in [1.29, 1.82) is 0 Å². The Labute approximate surface area is 463 Å². The normalized spacial score (nSPS) is 28.7. The quantitative estimate of drug-likeness (QED) is 0.0780. The number of hydrogen-bond acceptors (Lipinski definition) is 21. The van der Waals surface area contributed by atoms with Crippen LogP contribution in [0.5, 0.6) is 0 Å². The third kappa shape index (κ3) is 21.1. The molecule has 3 heterocycles. The van der Waals surface area contributed by atoms with E-state index in [-0.39, 0.29) is 45.4 Å². The summed E-state index contributed by atoms with van der Waals surface area (Å²) in [6.45, 7) is 25.5. The highest BCUT2D eigenvalue weighted by Crippen LogP contribution is 2.35. The molecule has 4 rings (SSSR count). The Kier molecular flexibility index (Phi) is 21.8. The number of nitrogens with one attached hydrogen (secondary N) is 5. The van der Waals surface area contributed by atoms with Crippen molar-refractivity contribution in [3.8, 4) is 0 Å². The predicted octanol–water partition coefficient (Wildman–Crippen LogP) is 1.97. The van der Waals surface area contributed by atoms with E-state index < -0.39 is 156 Å². The molecule has 3 fully saturated rings. The first-order valence-corrected chi connectivity index (χ1v) is 26.6. The molecule has 1 saturated carbocycles. The number of β-amino-alcohol motifs (C(OH)–C–C–N with tert-alkyl or cyclic N) is 1. The van der Waals surface area contributed by atoms with Crippen molar-refractivity contribution in [1.82, 2.24) is 36.4 Å². The van der Waals surface area contributed by atoms with Crippen molar-refractivity contribution < 1.29 is 96.9 Å². The largest absolute Gasteiger partial charge is 0.466 e. The van der Waals surface area contributed by atoms with Crippen molar-refractivity contribution in [2.45, 2.75) is 237 Å². The number of likely N-dealkylation sites (N-methyl/N-ethyl adjacent to an activating group) is 1. The molecule has 6 amide bonds. The zero-order chi connectivity index (χ0) is 60.0. The van der Waals surface area contributed by atoms with Gasteiger partial charge in [0, 0.05) is 7.05 Å². The molecule has 27 nitrogen and oxygen atoms in total. The first-order chi connectivity index (χ1) is 35.9. The Morgan fingerprint density at radius 2 is 1.20 bits per heavy atom. The Morgan fingerprint density at radius 1 is 0.709 bits per heavy atom. The van der Waals surface area contributed by atoms with Gasteiger partial charge < -0.3 is 105 Å². The van der Waals surface area contributed by atoms with Gasteiger partial charge in [-0.25, -0.2) is 24.0 Å². The molecular weight excluding hydrogens is 1040 g/mol. The first-order valence-electron chi connectivity index (χ1n) is 26.6. The summed E-state index contributed by atoms with van der Waals surface area (Å²) in [7, 11) is 1.30. The van der Waals surface area contributed by atoms with Crippen molar-refractivity contribution in [3.63, 3.8) is 0 Å². The molecule has 454 valence electrons. The fraction of sp³-hybridized carbons (Fsp3) is 0.846. The van der Waals surface area contributed by atoms with Gasteiger partial charge in [0.05, 0.1) is 57.0 Å². The van der Waals surface area contributed by atoms with Gasteiger partial charge in [-0.15, -0.1) is 0 Å². The summed E-state index contributed by atoms with van der Waals surface area (Å²) in [5, 5.41) is 72.0. The van der Waals surface area contributed by atoms with Crippen LogP contribution in [-0.4, -0.2) is 225 Å². The number of likely N-dealkylation sites (tertiary alicyclic amines) is 1. The Balaban J connectivity index is 1.71. The van der Waals surface area contributed by atoms with E-state index in [1.54, 1.807) is 110 Å². The Morgan fingerprint density at radius 3 is 1.73 bits per heavy atom. The number of carbonyl (C=O) groups excluding carboxylic acids is 6. The summed E-state index contributed by atoms with van der Waals surface area (Å²) in [5.41, 5.74) is -7.64. The average Bonchev–Trinajstić information content (AvgIpc) is 3.24. The summed E-state index contributed by atoms with van der Waals surface area (Å²) in [4.78, 5) is 81.7. The van der Waals surface area contributed by atoms with Gasteiger partial charge in [0.25, 0.3) is 5.91 Å². The minimum absolute atomic E-state index is 0.0659. The van der Waals surface area contributed by atoms with E-state index in [1.807, 2.05) is 0 Å². The molecule has 0 aromatic heterocycles. The van der Waals surface area contributed by atoms with E-state index in [2.05, 4.69) is 26.6 Å². The number of ether oxygens (including phenoxy) is 9. The highest BCUT2D eigenvalue weighted by atomic mass is 16.7. The summed E-state index contributed by atoms with van der Waals surface area (Å²) in [6.07, 6.45) is -14.9. The van der Waals surface area contributed by atoms with Crippen LogP contribution in [0.2, 0.25) is 0 Å². The zero-order valence-electron chi connectivity index (χ0n) is 49.0. The number of carbonyl (C=O) groups is 6. The molecule has 79 heavy (non-hydrogen) atoms. The number of nitrogens with zero attached hydrogens (tertiary/aromatic N) is 2. The number of hydrogen-bond donors (Lipinski definition) is 10. The maximum Gasteiger partial charge on any atom is 0.410 e. The summed E-state index contributed by atoms with van der Waals surface area (Å²) in [5.74, 6) is -0.778. The summed E-state index contributed by atoms with van der Waals surface area (Å²) in [6, 6.07) is -5.22. The second-order valence-electron chi connectivity index (χ2n) is 25.9. The van der Waals surface area contributed by atoms with E-state index in [0.717, 1.165) is 4.90 Å². The molecule has 12 atom stereocenters. The van der Waals surface area contributed by atoms with Crippen LogP contribution in [0, 0.1) is 0 Å². The fourth-order valence-corrected chi connectivity index (χ4v) is 8.92. The lowest BCUT2D eigenvalue weighted by Crippen LogP contribution is -2.71. The molecule has 0 radical (unpaired) electrons. The molecule has 0 bridgehead atoms. The van der Waals surface area contributed by atoms with Gasteiger partial charge >= 0.3 is 30.5 Å². The first kappa shape index (κ1) is 66.5. The molecule has 3 aliphatic heterocycles. The van der Waals surface area contributed by atoms with Crippen molar-refractivity contribution in [2.24, 2.45) is 0 Å². The molecule has 0 spiro atoms. The molecule has 0 unspecified atom stereocenters. The highest BCUT2D eigenvalue weighted by molar-refractivity contribution is 5.82. The van der Waals surface area contributed by atoms with E-state index in [9.17, 15) is 54.3 Å². The lowest BCUT2D eigenvalue weighted by atomic mass is 9.82. The van der Waals surface area contributed by atoms with Crippen LogP contribution < -0.4 is 26.6 Å².